The van der Waals surface area contributed by atoms with Gasteiger partial charge in [-0.1, -0.05) is 51.4 Å². The highest BCUT2D eigenvalue weighted by molar-refractivity contribution is 7.09. The van der Waals surface area contributed by atoms with Crippen LogP contribution in [0.1, 0.15) is 107 Å². The molecular weight excluding hydrogens is 518 g/mol. The van der Waals surface area contributed by atoms with Crippen molar-refractivity contribution in [1.82, 2.24) is 25.8 Å². The second-order valence-electron chi connectivity index (χ2n) is 13.2. The number of nitrogens with zero attached hydrogens (tertiary/aromatic N) is 2. The third kappa shape index (κ3) is 7.65. The molecule has 0 spiro atoms. The standard InChI is InChI=1S/C32H53N5O2S/c1-24-35-27(22-40-24)20-30(38)37-18-14-25(15-19-37)10-8-9-16-34-31(39)28-21-32(23-33-17-13-29(32)36-28)26-11-6-4-2-3-5-7-12-26/h22,25-26,28-29,33,36H,2-21,23H2,1H3,(H,34,39). The van der Waals surface area contributed by atoms with Crippen molar-refractivity contribution in [2.24, 2.45) is 17.3 Å². The van der Waals surface area contributed by atoms with Gasteiger partial charge in [-0.3, -0.25) is 9.59 Å². The molecule has 1 aromatic rings. The fourth-order valence-electron chi connectivity index (χ4n) is 8.22. The Balaban J connectivity index is 0.997. The van der Waals surface area contributed by atoms with Crippen LogP contribution in [0.25, 0.3) is 0 Å². The number of unbranched alkanes of at least 4 members (excludes halogenated alkanes) is 1. The number of thiazole rings is 1. The van der Waals surface area contributed by atoms with E-state index in [1.165, 1.54) is 57.8 Å². The van der Waals surface area contributed by atoms with Crippen molar-refractivity contribution < 1.29 is 9.59 Å². The summed E-state index contributed by atoms with van der Waals surface area (Å²) in [6, 6.07) is 0.450. The van der Waals surface area contributed by atoms with Crippen molar-refractivity contribution in [3.05, 3.63) is 16.1 Å². The van der Waals surface area contributed by atoms with Crippen molar-refractivity contribution in [2.45, 2.75) is 122 Å². The highest BCUT2D eigenvalue weighted by atomic mass is 32.1. The molecule has 7 nitrogen and oxygen atoms in total. The van der Waals surface area contributed by atoms with Gasteiger partial charge in [-0.2, -0.15) is 0 Å². The predicted octanol–water partition coefficient (Wildman–Crippen LogP) is 4.98. The van der Waals surface area contributed by atoms with E-state index in [-0.39, 0.29) is 23.3 Å². The number of likely N-dealkylation sites (tertiary alicyclic amines) is 1. The molecule has 4 fully saturated rings. The summed E-state index contributed by atoms with van der Waals surface area (Å²) in [4.78, 5) is 32.4. The molecule has 224 valence electrons. The minimum Gasteiger partial charge on any atom is -0.355 e. The van der Waals surface area contributed by atoms with Gasteiger partial charge >= 0.3 is 0 Å². The molecule has 5 rings (SSSR count). The van der Waals surface area contributed by atoms with Crippen LogP contribution in [0.2, 0.25) is 0 Å². The molecule has 1 aromatic heterocycles. The topological polar surface area (TPSA) is 86.4 Å². The first kappa shape index (κ1) is 30.0. The van der Waals surface area contributed by atoms with Crippen LogP contribution < -0.4 is 16.0 Å². The molecule has 1 saturated carbocycles. The largest absolute Gasteiger partial charge is 0.355 e. The summed E-state index contributed by atoms with van der Waals surface area (Å²) in [7, 11) is 0. The number of fused-ring (bicyclic) bond motifs is 1. The fourth-order valence-corrected chi connectivity index (χ4v) is 8.83. The van der Waals surface area contributed by atoms with Gasteiger partial charge in [-0.25, -0.2) is 4.98 Å². The molecule has 4 heterocycles. The van der Waals surface area contributed by atoms with E-state index < -0.39 is 0 Å². The Labute approximate surface area is 246 Å². The number of hydrogen-bond acceptors (Lipinski definition) is 6. The third-order valence-corrected chi connectivity index (χ3v) is 11.4. The Hall–Kier alpha value is -1.51. The molecule has 1 aliphatic carbocycles. The molecule has 3 saturated heterocycles. The number of piperidine rings is 2. The van der Waals surface area contributed by atoms with E-state index in [0.29, 0.717) is 18.4 Å². The van der Waals surface area contributed by atoms with Gasteiger partial charge in [0.1, 0.15) is 0 Å². The van der Waals surface area contributed by atoms with Gasteiger partial charge in [0.05, 0.1) is 23.2 Å². The number of amides is 2. The maximum Gasteiger partial charge on any atom is 0.237 e. The number of nitrogens with one attached hydrogen (secondary N) is 3. The van der Waals surface area contributed by atoms with E-state index >= 15 is 0 Å². The lowest BCUT2D eigenvalue weighted by Gasteiger charge is -2.45. The van der Waals surface area contributed by atoms with Gasteiger partial charge in [-0.15, -0.1) is 11.3 Å². The zero-order valence-electron chi connectivity index (χ0n) is 24.9. The number of aryl methyl sites for hydroxylation is 1. The summed E-state index contributed by atoms with van der Waals surface area (Å²) >= 11 is 1.61. The fraction of sp³-hybridized carbons (Fsp3) is 0.844. The average Bonchev–Trinajstić information content (AvgIpc) is 3.59. The number of aromatic nitrogens is 1. The van der Waals surface area contributed by atoms with Crippen molar-refractivity contribution in [3.8, 4) is 0 Å². The normalized spacial score (nSPS) is 28.9. The van der Waals surface area contributed by atoms with E-state index in [1.807, 2.05) is 17.2 Å². The minimum absolute atomic E-state index is 0.0346. The highest BCUT2D eigenvalue weighted by Crippen LogP contribution is 2.48. The molecule has 2 amide bonds. The Morgan fingerprint density at radius 3 is 2.52 bits per heavy atom. The van der Waals surface area contributed by atoms with Crippen molar-refractivity contribution in [1.29, 1.82) is 0 Å². The summed E-state index contributed by atoms with van der Waals surface area (Å²) in [5.74, 6) is 1.88. The van der Waals surface area contributed by atoms with Crippen LogP contribution in [-0.4, -0.2) is 66.5 Å². The Morgan fingerprint density at radius 2 is 1.80 bits per heavy atom. The summed E-state index contributed by atoms with van der Waals surface area (Å²) in [6.45, 7) is 6.65. The van der Waals surface area contributed by atoms with Gasteiger partial charge in [0, 0.05) is 43.0 Å². The summed E-state index contributed by atoms with van der Waals surface area (Å²) < 4.78 is 0. The average molecular weight is 572 g/mol. The first-order valence-electron chi connectivity index (χ1n) is 16.5. The molecule has 3 aliphatic heterocycles. The molecule has 0 bridgehead atoms. The number of carbonyl (C=O) groups is 2. The van der Waals surface area contributed by atoms with Crippen molar-refractivity contribution >= 4 is 23.2 Å². The quantitative estimate of drug-likeness (QED) is 0.364. The van der Waals surface area contributed by atoms with Crippen LogP contribution >= 0.6 is 11.3 Å². The van der Waals surface area contributed by atoms with Gasteiger partial charge in [0.2, 0.25) is 11.8 Å². The molecule has 3 atom stereocenters. The van der Waals surface area contributed by atoms with Gasteiger partial charge < -0.3 is 20.9 Å². The minimum atomic E-state index is -0.0346. The summed E-state index contributed by atoms with van der Waals surface area (Å²) in [6.07, 6.45) is 19.1. The second kappa shape index (κ2) is 14.6. The zero-order valence-corrected chi connectivity index (χ0v) is 25.7. The Bertz CT molecular complexity index is 951. The van der Waals surface area contributed by atoms with Crippen LogP contribution in [0, 0.1) is 24.2 Å². The van der Waals surface area contributed by atoms with Crippen LogP contribution in [0.15, 0.2) is 5.38 Å². The molecule has 4 aliphatic rings. The van der Waals surface area contributed by atoms with E-state index in [1.54, 1.807) is 11.3 Å². The summed E-state index contributed by atoms with van der Waals surface area (Å²) in [5, 5.41) is 13.9. The lowest BCUT2D eigenvalue weighted by Crippen LogP contribution is -2.54. The van der Waals surface area contributed by atoms with Crippen LogP contribution in [0.3, 0.4) is 0 Å². The number of carbonyl (C=O) groups excluding carboxylic acids is 2. The van der Waals surface area contributed by atoms with Crippen molar-refractivity contribution in [3.63, 3.8) is 0 Å². The lowest BCUT2D eigenvalue weighted by atomic mass is 9.64. The van der Waals surface area contributed by atoms with Crippen LogP contribution in [0.5, 0.6) is 0 Å². The molecule has 3 unspecified atom stereocenters. The van der Waals surface area contributed by atoms with E-state index in [4.69, 9.17) is 0 Å². The SMILES string of the molecule is Cc1nc(CC(=O)N2CCC(CCCCNC(=O)C3CC4(C5CCCCCCCC5)CNCCC4N3)CC2)cs1. The van der Waals surface area contributed by atoms with E-state index in [2.05, 4.69) is 20.9 Å². The van der Waals surface area contributed by atoms with Gasteiger partial charge in [-0.05, 0) is 70.3 Å². The predicted molar refractivity (Wildman–Crippen MR) is 162 cm³/mol. The maximum atomic E-state index is 13.3. The second-order valence-corrected chi connectivity index (χ2v) is 14.3. The number of hydrogen-bond donors (Lipinski definition) is 3. The molecule has 40 heavy (non-hydrogen) atoms. The van der Waals surface area contributed by atoms with Gasteiger partial charge in [0.25, 0.3) is 0 Å². The van der Waals surface area contributed by atoms with Crippen LogP contribution in [0.4, 0.5) is 0 Å². The monoisotopic (exact) mass is 571 g/mol. The first-order valence-corrected chi connectivity index (χ1v) is 17.3. The molecule has 0 radical (unpaired) electrons. The zero-order chi connectivity index (χ0) is 27.8. The maximum absolute atomic E-state index is 13.3. The molecular formula is C32H53N5O2S. The first-order chi connectivity index (χ1) is 19.5. The third-order valence-electron chi connectivity index (χ3n) is 10.5. The van der Waals surface area contributed by atoms with E-state index in [9.17, 15) is 9.59 Å². The van der Waals surface area contributed by atoms with Crippen molar-refractivity contribution in [2.75, 3.05) is 32.7 Å². The van der Waals surface area contributed by atoms with Gasteiger partial charge in [0.15, 0.2) is 0 Å². The van der Waals surface area contributed by atoms with Crippen LogP contribution in [-0.2, 0) is 16.0 Å². The van der Waals surface area contributed by atoms with E-state index in [0.717, 1.165) is 87.9 Å². The lowest BCUT2D eigenvalue weighted by molar-refractivity contribution is -0.132. The highest BCUT2D eigenvalue weighted by Gasteiger charge is 2.53. The molecule has 0 aromatic carbocycles. The Morgan fingerprint density at radius 1 is 1.05 bits per heavy atom. The smallest absolute Gasteiger partial charge is 0.237 e. The molecule has 8 heteroatoms. The summed E-state index contributed by atoms with van der Waals surface area (Å²) in [5.41, 5.74) is 1.16. The number of rotatable bonds is 9. The Kier molecular flexibility index (Phi) is 10.9. The molecule has 3 N–H and O–H groups in total.